The summed E-state index contributed by atoms with van der Waals surface area (Å²) in [5.74, 6) is -0.0425. The Morgan fingerprint density at radius 1 is 1.60 bits per heavy atom. The Hall–Kier alpha value is -1.50. The molecule has 1 heterocycles. The van der Waals surface area contributed by atoms with E-state index in [-0.39, 0.29) is 24.5 Å². The minimum absolute atomic E-state index is 0.0425. The maximum atomic E-state index is 11.8. The van der Waals surface area contributed by atoms with Gasteiger partial charge in [-0.1, -0.05) is 6.07 Å². The van der Waals surface area contributed by atoms with Crippen LogP contribution in [0.1, 0.15) is 18.5 Å². The highest BCUT2D eigenvalue weighted by atomic mass is 16.5. The third-order valence-corrected chi connectivity index (χ3v) is 3.02. The lowest BCUT2D eigenvalue weighted by Gasteiger charge is -2.30. The second kappa shape index (κ2) is 8.63. The van der Waals surface area contributed by atoms with Crippen LogP contribution in [0.5, 0.6) is 0 Å². The molecule has 0 saturated heterocycles. The lowest BCUT2D eigenvalue weighted by atomic mass is 10.0. The third kappa shape index (κ3) is 5.24. The summed E-state index contributed by atoms with van der Waals surface area (Å²) in [5, 5.41) is 2.80. The molecule has 0 bridgehead atoms. The Kier molecular flexibility index (Phi) is 7.14. The van der Waals surface area contributed by atoms with E-state index in [0.717, 1.165) is 5.56 Å². The van der Waals surface area contributed by atoms with E-state index in [4.69, 9.17) is 10.5 Å². The molecule has 1 aromatic rings. The molecule has 0 fully saturated rings. The van der Waals surface area contributed by atoms with E-state index in [0.29, 0.717) is 13.2 Å². The SMILES string of the molecule is COCCNC(=O)CN(C)C(c1cccnc1)C(C)N. The van der Waals surface area contributed by atoms with Crippen molar-refractivity contribution in [2.24, 2.45) is 5.73 Å². The number of rotatable bonds is 8. The van der Waals surface area contributed by atoms with Crippen molar-refractivity contribution in [2.45, 2.75) is 19.0 Å². The number of likely N-dealkylation sites (N-methyl/N-ethyl adjacent to an activating group) is 1. The number of methoxy groups -OCH3 is 1. The van der Waals surface area contributed by atoms with Crippen molar-refractivity contribution >= 4 is 5.91 Å². The molecule has 0 aromatic carbocycles. The molecule has 0 saturated carbocycles. The van der Waals surface area contributed by atoms with Gasteiger partial charge in [0, 0.05) is 32.1 Å². The van der Waals surface area contributed by atoms with E-state index >= 15 is 0 Å². The molecule has 6 heteroatoms. The summed E-state index contributed by atoms with van der Waals surface area (Å²) < 4.78 is 4.90. The number of nitrogens with one attached hydrogen (secondary N) is 1. The standard InChI is InChI=1S/C14H24N4O2/c1-11(15)14(12-5-4-6-16-9-12)18(2)10-13(19)17-7-8-20-3/h4-6,9,11,14H,7-8,10,15H2,1-3H3,(H,17,19). The largest absolute Gasteiger partial charge is 0.383 e. The highest BCUT2D eigenvalue weighted by Crippen LogP contribution is 2.20. The Balaban J connectivity index is 2.61. The molecule has 0 aliphatic carbocycles. The lowest BCUT2D eigenvalue weighted by molar-refractivity contribution is -0.122. The van der Waals surface area contributed by atoms with Crippen LogP contribution in [0.4, 0.5) is 0 Å². The molecule has 6 nitrogen and oxygen atoms in total. The number of ether oxygens (including phenoxy) is 1. The van der Waals surface area contributed by atoms with Crippen LogP contribution in [0.3, 0.4) is 0 Å². The van der Waals surface area contributed by atoms with Crippen molar-refractivity contribution in [3.8, 4) is 0 Å². The number of hydrogen-bond donors (Lipinski definition) is 2. The summed E-state index contributed by atoms with van der Waals surface area (Å²) in [4.78, 5) is 17.9. The first-order valence-electron chi connectivity index (χ1n) is 6.67. The summed E-state index contributed by atoms with van der Waals surface area (Å²) in [5.41, 5.74) is 7.05. The van der Waals surface area contributed by atoms with Gasteiger partial charge in [0.25, 0.3) is 0 Å². The van der Waals surface area contributed by atoms with Gasteiger partial charge in [0.15, 0.2) is 0 Å². The predicted octanol–water partition coefficient (Wildman–Crippen LogP) is 0.164. The molecule has 1 rings (SSSR count). The zero-order chi connectivity index (χ0) is 15.0. The third-order valence-electron chi connectivity index (χ3n) is 3.02. The summed E-state index contributed by atoms with van der Waals surface area (Å²) in [6, 6.07) is 3.70. The van der Waals surface area contributed by atoms with Crippen molar-refractivity contribution in [1.82, 2.24) is 15.2 Å². The van der Waals surface area contributed by atoms with Gasteiger partial charge in [-0.15, -0.1) is 0 Å². The fourth-order valence-corrected chi connectivity index (χ4v) is 2.18. The van der Waals surface area contributed by atoms with Crippen LogP contribution in [0.2, 0.25) is 0 Å². The molecule has 0 spiro atoms. The van der Waals surface area contributed by atoms with E-state index in [1.807, 2.05) is 31.0 Å². The van der Waals surface area contributed by atoms with Gasteiger partial charge in [-0.25, -0.2) is 0 Å². The van der Waals surface area contributed by atoms with Crippen LogP contribution in [0, 0.1) is 0 Å². The highest BCUT2D eigenvalue weighted by molar-refractivity contribution is 5.78. The Morgan fingerprint density at radius 2 is 2.35 bits per heavy atom. The van der Waals surface area contributed by atoms with E-state index in [2.05, 4.69) is 10.3 Å². The number of amides is 1. The molecule has 0 radical (unpaired) electrons. The van der Waals surface area contributed by atoms with Crippen molar-refractivity contribution in [3.05, 3.63) is 30.1 Å². The van der Waals surface area contributed by atoms with Crippen molar-refractivity contribution < 1.29 is 9.53 Å². The lowest BCUT2D eigenvalue weighted by Crippen LogP contribution is -2.43. The van der Waals surface area contributed by atoms with Crippen LogP contribution < -0.4 is 11.1 Å². The molecule has 20 heavy (non-hydrogen) atoms. The number of pyridine rings is 1. The Labute approximate surface area is 120 Å². The summed E-state index contributed by atoms with van der Waals surface area (Å²) in [7, 11) is 3.49. The Morgan fingerprint density at radius 3 is 2.90 bits per heavy atom. The van der Waals surface area contributed by atoms with Gasteiger partial charge < -0.3 is 15.8 Å². The van der Waals surface area contributed by atoms with Gasteiger partial charge in [-0.3, -0.25) is 14.7 Å². The maximum Gasteiger partial charge on any atom is 0.234 e. The van der Waals surface area contributed by atoms with Crippen LogP contribution in [0.25, 0.3) is 0 Å². The van der Waals surface area contributed by atoms with Gasteiger partial charge in [-0.05, 0) is 25.6 Å². The van der Waals surface area contributed by atoms with Gasteiger partial charge in [0.2, 0.25) is 5.91 Å². The number of nitrogens with two attached hydrogens (primary N) is 1. The molecule has 1 aromatic heterocycles. The fraction of sp³-hybridized carbons (Fsp3) is 0.571. The molecular formula is C14H24N4O2. The Bertz CT molecular complexity index is 397. The van der Waals surface area contributed by atoms with E-state index < -0.39 is 0 Å². The number of carbonyl (C=O) groups is 1. The normalized spacial score (nSPS) is 14.1. The first-order valence-corrected chi connectivity index (χ1v) is 6.67. The average Bonchev–Trinajstić information content (AvgIpc) is 2.39. The van der Waals surface area contributed by atoms with Crippen molar-refractivity contribution in [1.29, 1.82) is 0 Å². The van der Waals surface area contributed by atoms with Crippen LogP contribution in [0.15, 0.2) is 24.5 Å². The van der Waals surface area contributed by atoms with E-state index in [9.17, 15) is 4.79 Å². The zero-order valence-corrected chi connectivity index (χ0v) is 12.4. The highest BCUT2D eigenvalue weighted by Gasteiger charge is 2.22. The monoisotopic (exact) mass is 280 g/mol. The first kappa shape index (κ1) is 16.6. The number of aromatic nitrogens is 1. The predicted molar refractivity (Wildman–Crippen MR) is 78.1 cm³/mol. The van der Waals surface area contributed by atoms with E-state index in [1.165, 1.54) is 0 Å². The smallest absolute Gasteiger partial charge is 0.234 e. The van der Waals surface area contributed by atoms with Gasteiger partial charge in [-0.2, -0.15) is 0 Å². The summed E-state index contributed by atoms with van der Waals surface area (Å²) in [6.45, 7) is 3.23. The molecular weight excluding hydrogens is 256 g/mol. The molecule has 1 amide bonds. The average molecular weight is 280 g/mol. The molecule has 0 aliphatic heterocycles. The number of hydrogen-bond acceptors (Lipinski definition) is 5. The minimum atomic E-state index is -0.101. The summed E-state index contributed by atoms with van der Waals surface area (Å²) >= 11 is 0. The zero-order valence-electron chi connectivity index (χ0n) is 12.4. The molecule has 2 atom stereocenters. The molecule has 0 aliphatic rings. The molecule has 112 valence electrons. The quantitative estimate of drug-likeness (QED) is 0.663. The van der Waals surface area contributed by atoms with Gasteiger partial charge in [0.1, 0.15) is 0 Å². The minimum Gasteiger partial charge on any atom is -0.383 e. The van der Waals surface area contributed by atoms with Crippen molar-refractivity contribution in [3.63, 3.8) is 0 Å². The molecule has 2 unspecified atom stereocenters. The van der Waals surface area contributed by atoms with Crippen LogP contribution in [-0.4, -0.2) is 55.7 Å². The molecule has 3 N–H and O–H groups in total. The van der Waals surface area contributed by atoms with Gasteiger partial charge in [0.05, 0.1) is 19.2 Å². The number of nitrogens with zero attached hydrogens (tertiary/aromatic N) is 2. The van der Waals surface area contributed by atoms with Crippen molar-refractivity contribution in [2.75, 3.05) is 33.9 Å². The maximum absolute atomic E-state index is 11.8. The second-order valence-corrected chi connectivity index (χ2v) is 4.85. The second-order valence-electron chi connectivity index (χ2n) is 4.85. The number of carbonyl (C=O) groups excluding carboxylic acids is 1. The van der Waals surface area contributed by atoms with Crippen LogP contribution in [-0.2, 0) is 9.53 Å². The fourth-order valence-electron chi connectivity index (χ4n) is 2.18. The summed E-state index contributed by atoms with van der Waals surface area (Å²) in [6.07, 6.45) is 3.51. The topological polar surface area (TPSA) is 80.5 Å². The van der Waals surface area contributed by atoms with Crippen LogP contribution >= 0.6 is 0 Å². The van der Waals surface area contributed by atoms with Gasteiger partial charge >= 0.3 is 0 Å². The first-order chi connectivity index (χ1) is 9.56. The van der Waals surface area contributed by atoms with E-state index in [1.54, 1.807) is 19.5 Å².